The number of piperidine rings is 1. The second-order valence-electron chi connectivity index (χ2n) is 9.01. The van der Waals surface area contributed by atoms with Crippen molar-refractivity contribution in [3.8, 4) is 11.5 Å². The summed E-state index contributed by atoms with van der Waals surface area (Å²) in [5.41, 5.74) is 0.550. The van der Waals surface area contributed by atoms with Crippen LogP contribution in [0.2, 0.25) is 0 Å². The van der Waals surface area contributed by atoms with E-state index in [9.17, 15) is 14.4 Å². The zero-order valence-electron chi connectivity index (χ0n) is 20.9. The molecule has 9 heteroatoms. The Kier molecular flexibility index (Phi) is 7.67. The molecular formula is C27H32N2O7. The van der Waals surface area contributed by atoms with Gasteiger partial charge in [-0.25, -0.2) is 0 Å². The van der Waals surface area contributed by atoms with Crippen molar-refractivity contribution in [1.82, 2.24) is 10.2 Å². The lowest BCUT2D eigenvalue weighted by Crippen LogP contribution is -2.52. The molecule has 9 nitrogen and oxygen atoms in total. The van der Waals surface area contributed by atoms with Gasteiger partial charge in [-0.2, -0.15) is 0 Å². The van der Waals surface area contributed by atoms with Crippen molar-refractivity contribution in [2.24, 2.45) is 11.3 Å². The van der Waals surface area contributed by atoms with E-state index in [4.69, 9.17) is 18.6 Å². The number of methoxy groups -OCH3 is 2. The maximum atomic E-state index is 13.6. The highest BCUT2D eigenvalue weighted by molar-refractivity contribution is 5.92. The second-order valence-corrected chi connectivity index (χ2v) is 9.01. The Hall–Kier alpha value is -3.75. The monoisotopic (exact) mass is 496 g/mol. The van der Waals surface area contributed by atoms with Crippen LogP contribution in [0, 0.1) is 11.3 Å². The Morgan fingerprint density at radius 3 is 2.69 bits per heavy atom. The standard InChI is InChI=1S/C27H32N2O7/c1-4-35-26(32)27-11-5-8-23(27)29(17-20-7-6-12-36-20)25(31)19(15-27)14-24(30)28-16-18-9-10-21(33-2)22(13-18)34-3/h6-10,12-13,19H,4-5,11,14-17H2,1-3H3,(H,28,30)/t19-,27+/m1/s1. The number of esters is 1. The van der Waals surface area contributed by atoms with Gasteiger partial charge >= 0.3 is 5.97 Å². The first-order valence-electron chi connectivity index (χ1n) is 12.1. The van der Waals surface area contributed by atoms with Gasteiger partial charge in [0, 0.05) is 24.6 Å². The molecule has 0 spiro atoms. The van der Waals surface area contributed by atoms with Crippen LogP contribution in [-0.4, -0.2) is 43.5 Å². The average molecular weight is 497 g/mol. The number of amides is 2. The Labute approximate surface area is 210 Å². The van der Waals surface area contributed by atoms with Gasteiger partial charge in [0.2, 0.25) is 11.8 Å². The summed E-state index contributed by atoms with van der Waals surface area (Å²) in [4.78, 5) is 41.3. The molecule has 1 N–H and O–H groups in total. The molecule has 2 heterocycles. The number of carbonyl (C=O) groups is 3. The number of rotatable bonds is 10. The maximum Gasteiger partial charge on any atom is 0.318 e. The molecule has 0 bridgehead atoms. The minimum Gasteiger partial charge on any atom is -0.493 e. The molecule has 0 saturated carbocycles. The predicted octanol–water partition coefficient (Wildman–Crippen LogP) is 3.58. The summed E-state index contributed by atoms with van der Waals surface area (Å²) in [5.74, 6) is 0.295. The number of furan rings is 1. The van der Waals surface area contributed by atoms with Gasteiger partial charge in [-0.1, -0.05) is 12.1 Å². The van der Waals surface area contributed by atoms with Crippen molar-refractivity contribution in [2.45, 2.75) is 45.7 Å². The van der Waals surface area contributed by atoms with E-state index in [1.165, 1.54) is 0 Å². The van der Waals surface area contributed by atoms with E-state index in [0.29, 0.717) is 35.8 Å². The van der Waals surface area contributed by atoms with E-state index in [0.717, 1.165) is 5.56 Å². The van der Waals surface area contributed by atoms with E-state index >= 15 is 0 Å². The summed E-state index contributed by atoms with van der Waals surface area (Å²) in [7, 11) is 3.11. The third-order valence-corrected chi connectivity index (χ3v) is 6.83. The van der Waals surface area contributed by atoms with Gasteiger partial charge < -0.3 is 28.8 Å². The number of hydrogen-bond acceptors (Lipinski definition) is 7. The van der Waals surface area contributed by atoms with Crippen LogP contribution in [-0.2, 0) is 32.2 Å². The zero-order valence-corrected chi connectivity index (χ0v) is 20.9. The molecule has 1 aromatic heterocycles. The zero-order chi connectivity index (χ0) is 25.7. The highest BCUT2D eigenvalue weighted by Gasteiger charge is 2.55. The Balaban J connectivity index is 1.51. The number of nitrogens with one attached hydrogen (secondary N) is 1. The van der Waals surface area contributed by atoms with Gasteiger partial charge in [-0.05, 0) is 56.0 Å². The van der Waals surface area contributed by atoms with Crippen molar-refractivity contribution < 1.29 is 33.0 Å². The molecule has 2 aliphatic rings. The Morgan fingerprint density at radius 1 is 1.19 bits per heavy atom. The second kappa shape index (κ2) is 10.9. The van der Waals surface area contributed by atoms with Crippen molar-refractivity contribution in [3.05, 3.63) is 59.7 Å². The van der Waals surface area contributed by atoms with E-state index in [1.807, 2.05) is 12.1 Å². The smallest absolute Gasteiger partial charge is 0.318 e. The highest BCUT2D eigenvalue weighted by Crippen LogP contribution is 2.51. The van der Waals surface area contributed by atoms with Crippen LogP contribution >= 0.6 is 0 Å². The molecule has 1 fully saturated rings. The molecule has 36 heavy (non-hydrogen) atoms. The number of benzene rings is 1. The number of nitrogens with zero attached hydrogens (tertiary/aromatic N) is 1. The molecule has 1 aromatic carbocycles. The quantitative estimate of drug-likeness (QED) is 0.501. The molecule has 0 radical (unpaired) electrons. The SMILES string of the molecule is CCOC(=O)[C@]12CCC=C1N(Cc1ccco1)C(=O)[C@H](CC(=O)NCc1ccc(OC)c(OC)c1)C2. The molecule has 192 valence electrons. The summed E-state index contributed by atoms with van der Waals surface area (Å²) in [6.07, 6.45) is 4.90. The highest BCUT2D eigenvalue weighted by atomic mass is 16.5. The fraction of sp³-hybridized carbons (Fsp3) is 0.444. The van der Waals surface area contributed by atoms with Crippen LogP contribution in [0.4, 0.5) is 0 Å². The first-order valence-corrected chi connectivity index (χ1v) is 12.1. The fourth-order valence-electron chi connectivity index (χ4n) is 5.13. The number of likely N-dealkylation sites (tertiary alicyclic amines) is 1. The van der Waals surface area contributed by atoms with Crippen LogP contribution in [0.1, 0.15) is 43.9 Å². The van der Waals surface area contributed by atoms with Crippen molar-refractivity contribution in [3.63, 3.8) is 0 Å². The topological polar surface area (TPSA) is 107 Å². The van der Waals surface area contributed by atoms with Gasteiger partial charge in [-0.3, -0.25) is 14.4 Å². The third-order valence-electron chi connectivity index (χ3n) is 6.83. The summed E-state index contributed by atoms with van der Waals surface area (Å²) >= 11 is 0. The molecule has 1 aliphatic heterocycles. The van der Waals surface area contributed by atoms with Gasteiger partial charge in [0.05, 0.1) is 33.6 Å². The number of fused-ring (bicyclic) bond motifs is 1. The minimum atomic E-state index is -0.940. The summed E-state index contributed by atoms with van der Waals surface area (Å²) in [6.45, 7) is 2.48. The van der Waals surface area contributed by atoms with E-state index < -0.39 is 11.3 Å². The number of hydrogen-bond donors (Lipinski definition) is 1. The number of carbonyl (C=O) groups excluding carboxylic acids is 3. The predicted molar refractivity (Wildman–Crippen MR) is 130 cm³/mol. The van der Waals surface area contributed by atoms with Gasteiger partial charge in [-0.15, -0.1) is 0 Å². The average Bonchev–Trinajstić information content (AvgIpc) is 3.55. The van der Waals surface area contributed by atoms with Gasteiger partial charge in [0.1, 0.15) is 11.2 Å². The van der Waals surface area contributed by atoms with Gasteiger partial charge in [0.15, 0.2) is 11.5 Å². The normalized spacial score (nSPS) is 21.0. The van der Waals surface area contributed by atoms with Crippen LogP contribution in [0.15, 0.2) is 52.8 Å². The van der Waals surface area contributed by atoms with E-state index in [1.54, 1.807) is 56.6 Å². The number of allylic oxidation sites excluding steroid dienone is 1. The largest absolute Gasteiger partial charge is 0.493 e. The van der Waals surface area contributed by atoms with E-state index in [-0.39, 0.29) is 50.3 Å². The van der Waals surface area contributed by atoms with Crippen molar-refractivity contribution >= 4 is 17.8 Å². The molecule has 2 aromatic rings. The molecule has 2 atom stereocenters. The van der Waals surface area contributed by atoms with Crippen molar-refractivity contribution in [2.75, 3.05) is 20.8 Å². The first kappa shape index (κ1) is 25.3. The molecule has 4 rings (SSSR count). The number of ether oxygens (including phenoxy) is 3. The molecule has 1 aliphatic carbocycles. The summed E-state index contributed by atoms with van der Waals surface area (Å²) < 4.78 is 21.5. The molecule has 2 amide bonds. The Bertz CT molecular complexity index is 1140. The lowest BCUT2D eigenvalue weighted by atomic mass is 9.71. The van der Waals surface area contributed by atoms with E-state index in [2.05, 4.69) is 5.32 Å². The van der Waals surface area contributed by atoms with Gasteiger partial charge in [0.25, 0.3) is 0 Å². The maximum absolute atomic E-state index is 13.6. The van der Waals surface area contributed by atoms with Crippen LogP contribution in [0.5, 0.6) is 11.5 Å². The molecular weight excluding hydrogens is 464 g/mol. The Morgan fingerprint density at radius 2 is 2.00 bits per heavy atom. The fourth-order valence-corrected chi connectivity index (χ4v) is 5.13. The molecule has 1 saturated heterocycles. The third kappa shape index (κ3) is 4.96. The lowest BCUT2D eigenvalue weighted by molar-refractivity contribution is -0.161. The van der Waals surface area contributed by atoms with Crippen molar-refractivity contribution in [1.29, 1.82) is 0 Å². The van der Waals surface area contributed by atoms with Crippen LogP contribution in [0.25, 0.3) is 0 Å². The summed E-state index contributed by atoms with van der Waals surface area (Å²) in [5, 5.41) is 2.89. The van der Waals surface area contributed by atoms with Crippen LogP contribution < -0.4 is 14.8 Å². The lowest BCUT2D eigenvalue weighted by Gasteiger charge is -2.43. The first-order chi connectivity index (χ1) is 17.4. The summed E-state index contributed by atoms with van der Waals surface area (Å²) in [6, 6.07) is 8.94. The molecule has 0 unspecified atom stereocenters. The minimum absolute atomic E-state index is 0.0325. The van der Waals surface area contributed by atoms with Crippen LogP contribution in [0.3, 0.4) is 0 Å².